The second-order valence-corrected chi connectivity index (χ2v) is 9.01. The summed E-state index contributed by atoms with van der Waals surface area (Å²) >= 11 is 7.05. The summed E-state index contributed by atoms with van der Waals surface area (Å²) in [6.07, 6.45) is 0. The highest BCUT2D eigenvalue weighted by atomic mass is 35.5. The zero-order valence-corrected chi connectivity index (χ0v) is 19.2. The van der Waals surface area contributed by atoms with Crippen LogP contribution in [0, 0.1) is 5.82 Å². The minimum absolute atomic E-state index is 0.0917. The molecule has 1 saturated heterocycles. The molecule has 1 fully saturated rings. The van der Waals surface area contributed by atoms with E-state index in [2.05, 4.69) is 4.98 Å². The molecule has 1 aliphatic heterocycles. The van der Waals surface area contributed by atoms with E-state index in [0.29, 0.717) is 32.1 Å². The monoisotopic (exact) mass is 494 g/mol. The molecular weight excluding hydrogens is 479 g/mol. The van der Waals surface area contributed by atoms with Crippen molar-refractivity contribution in [3.8, 4) is 5.75 Å². The Morgan fingerprint density at radius 3 is 2.62 bits per heavy atom. The van der Waals surface area contributed by atoms with Crippen LogP contribution in [-0.2, 0) is 9.59 Å². The molecule has 1 amide bonds. The van der Waals surface area contributed by atoms with E-state index in [9.17, 15) is 19.1 Å². The van der Waals surface area contributed by atoms with Gasteiger partial charge in [0.1, 0.15) is 17.3 Å². The molecule has 0 aliphatic carbocycles. The molecule has 0 unspecified atom stereocenters. The van der Waals surface area contributed by atoms with Crippen LogP contribution in [0.5, 0.6) is 5.75 Å². The van der Waals surface area contributed by atoms with Crippen molar-refractivity contribution < 1.29 is 23.8 Å². The predicted octanol–water partition coefficient (Wildman–Crippen LogP) is 5.72. The number of fused-ring (bicyclic) bond motifs is 1. The third kappa shape index (κ3) is 3.70. The van der Waals surface area contributed by atoms with Gasteiger partial charge >= 0.3 is 5.91 Å². The largest absolute Gasteiger partial charge is 0.507 e. The normalized spacial score (nSPS) is 17.5. The van der Waals surface area contributed by atoms with Gasteiger partial charge in [-0.05, 0) is 60.2 Å². The van der Waals surface area contributed by atoms with E-state index < -0.39 is 23.5 Å². The highest BCUT2D eigenvalue weighted by Gasteiger charge is 2.48. The maximum absolute atomic E-state index is 13.8. The van der Waals surface area contributed by atoms with E-state index in [1.165, 1.54) is 30.2 Å². The van der Waals surface area contributed by atoms with Gasteiger partial charge in [0.15, 0.2) is 5.13 Å². The number of rotatable bonds is 4. The van der Waals surface area contributed by atoms with Crippen LogP contribution < -0.4 is 9.64 Å². The van der Waals surface area contributed by atoms with Crippen molar-refractivity contribution in [2.24, 2.45) is 0 Å². The lowest BCUT2D eigenvalue weighted by molar-refractivity contribution is -0.132. The number of nitrogens with zero attached hydrogens (tertiary/aromatic N) is 2. The van der Waals surface area contributed by atoms with Crippen molar-refractivity contribution in [1.82, 2.24) is 4.98 Å². The molecule has 1 aliphatic rings. The number of aromatic nitrogens is 1. The summed E-state index contributed by atoms with van der Waals surface area (Å²) < 4.78 is 19.6. The number of carbonyl (C=O) groups excluding carboxylic acids is 2. The Labute approximate surface area is 202 Å². The Hall–Kier alpha value is -3.75. The Morgan fingerprint density at radius 2 is 1.88 bits per heavy atom. The van der Waals surface area contributed by atoms with Gasteiger partial charge in [-0.25, -0.2) is 9.37 Å². The molecule has 0 radical (unpaired) electrons. The molecule has 0 bridgehead atoms. The van der Waals surface area contributed by atoms with Gasteiger partial charge in [0.2, 0.25) is 0 Å². The molecule has 0 spiro atoms. The number of aliphatic hydroxyl groups is 1. The third-order valence-electron chi connectivity index (χ3n) is 5.52. The van der Waals surface area contributed by atoms with Crippen molar-refractivity contribution in [2.75, 3.05) is 12.0 Å². The summed E-state index contributed by atoms with van der Waals surface area (Å²) in [7, 11) is 1.51. The van der Waals surface area contributed by atoms with Crippen LogP contribution >= 0.6 is 22.9 Å². The van der Waals surface area contributed by atoms with Crippen molar-refractivity contribution in [3.05, 3.63) is 94.3 Å². The van der Waals surface area contributed by atoms with Crippen LogP contribution in [0.25, 0.3) is 16.0 Å². The van der Waals surface area contributed by atoms with Gasteiger partial charge in [0.05, 0.1) is 28.9 Å². The molecule has 2 heterocycles. The summed E-state index contributed by atoms with van der Waals surface area (Å²) in [6.45, 7) is 0. The maximum atomic E-state index is 13.8. The van der Waals surface area contributed by atoms with Crippen LogP contribution in [0.3, 0.4) is 0 Å². The van der Waals surface area contributed by atoms with Crippen molar-refractivity contribution in [3.63, 3.8) is 0 Å². The van der Waals surface area contributed by atoms with Crippen molar-refractivity contribution in [1.29, 1.82) is 0 Å². The number of aliphatic hydroxyl groups excluding tert-OH is 1. The SMILES string of the molecule is COc1cccc([C@H]2/C(=C(\O)c3ccc(Cl)cc3)C(=O)C(=O)N2c2nc3ccc(F)cc3s2)c1. The average molecular weight is 495 g/mol. The first-order chi connectivity index (χ1) is 16.4. The van der Waals surface area contributed by atoms with E-state index in [4.69, 9.17) is 16.3 Å². The van der Waals surface area contributed by atoms with Gasteiger partial charge < -0.3 is 9.84 Å². The van der Waals surface area contributed by atoms with Crippen LogP contribution in [0.1, 0.15) is 17.2 Å². The first kappa shape index (κ1) is 22.1. The van der Waals surface area contributed by atoms with E-state index >= 15 is 0 Å². The number of carbonyl (C=O) groups is 2. The van der Waals surface area contributed by atoms with Gasteiger partial charge in [-0.15, -0.1) is 0 Å². The first-order valence-corrected chi connectivity index (χ1v) is 11.3. The van der Waals surface area contributed by atoms with E-state index in [0.717, 1.165) is 11.3 Å². The maximum Gasteiger partial charge on any atom is 0.301 e. The number of Topliss-reactive ketones (excluding diaryl/α,β-unsaturated/α-hetero) is 1. The summed E-state index contributed by atoms with van der Waals surface area (Å²) in [5.74, 6) is -1.95. The smallest absolute Gasteiger partial charge is 0.301 e. The Kier molecular flexibility index (Phi) is 5.55. The number of anilines is 1. The van der Waals surface area contributed by atoms with Crippen LogP contribution in [0.2, 0.25) is 5.02 Å². The molecule has 1 atom stereocenters. The van der Waals surface area contributed by atoms with Crippen LogP contribution in [0.4, 0.5) is 9.52 Å². The molecule has 5 rings (SSSR count). The molecule has 0 saturated carbocycles. The zero-order valence-electron chi connectivity index (χ0n) is 17.7. The Bertz CT molecular complexity index is 1480. The fourth-order valence-corrected chi connectivity index (χ4v) is 5.05. The van der Waals surface area contributed by atoms with Crippen LogP contribution in [-0.4, -0.2) is 28.9 Å². The molecule has 4 aromatic rings. The zero-order chi connectivity index (χ0) is 24.0. The van der Waals surface area contributed by atoms with Gasteiger partial charge in [-0.1, -0.05) is 35.1 Å². The molecule has 9 heteroatoms. The lowest BCUT2D eigenvalue weighted by Crippen LogP contribution is -2.29. The molecule has 34 heavy (non-hydrogen) atoms. The fraction of sp³-hybridized carbons (Fsp3) is 0.0800. The number of ether oxygens (including phenoxy) is 1. The van der Waals surface area contributed by atoms with Gasteiger partial charge in [0, 0.05) is 10.6 Å². The summed E-state index contributed by atoms with van der Waals surface area (Å²) in [5, 5.41) is 11.8. The lowest BCUT2D eigenvalue weighted by atomic mass is 9.95. The molecular formula is C25H16ClFN2O4S. The van der Waals surface area contributed by atoms with E-state index in [1.807, 2.05) is 0 Å². The number of hydrogen-bond donors (Lipinski definition) is 1. The first-order valence-electron chi connectivity index (χ1n) is 10.1. The molecule has 6 nitrogen and oxygen atoms in total. The topological polar surface area (TPSA) is 79.7 Å². The number of halogens is 2. The number of thiazole rings is 1. The Balaban J connectivity index is 1.74. The second kappa shape index (κ2) is 8.55. The quantitative estimate of drug-likeness (QED) is 0.223. The van der Waals surface area contributed by atoms with Gasteiger partial charge in [0.25, 0.3) is 5.78 Å². The van der Waals surface area contributed by atoms with E-state index in [-0.39, 0.29) is 16.5 Å². The molecule has 1 N–H and O–H groups in total. The number of benzene rings is 3. The molecule has 3 aromatic carbocycles. The summed E-state index contributed by atoms with van der Waals surface area (Å²) in [4.78, 5) is 32.2. The number of amides is 1. The summed E-state index contributed by atoms with van der Waals surface area (Å²) in [6, 6.07) is 16.3. The van der Waals surface area contributed by atoms with Crippen molar-refractivity contribution in [2.45, 2.75) is 6.04 Å². The molecule has 1 aromatic heterocycles. The van der Waals surface area contributed by atoms with Crippen molar-refractivity contribution >= 4 is 55.7 Å². The van der Waals surface area contributed by atoms with E-state index in [1.54, 1.807) is 48.5 Å². The lowest BCUT2D eigenvalue weighted by Gasteiger charge is -2.23. The summed E-state index contributed by atoms with van der Waals surface area (Å²) in [5.41, 5.74) is 1.28. The average Bonchev–Trinajstić information content (AvgIpc) is 3.37. The van der Waals surface area contributed by atoms with Gasteiger partial charge in [-0.3, -0.25) is 14.5 Å². The highest BCUT2D eigenvalue weighted by Crippen LogP contribution is 2.44. The van der Waals surface area contributed by atoms with Crippen LogP contribution in [0.15, 0.2) is 72.3 Å². The minimum atomic E-state index is -0.976. The second-order valence-electron chi connectivity index (χ2n) is 7.56. The number of methoxy groups -OCH3 is 1. The Morgan fingerprint density at radius 1 is 1.12 bits per heavy atom. The highest BCUT2D eigenvalue weighted by molar-refractivity contribution is 7.22. The predicted molar refractivity (Wildman–Crippen MR) is 129 cm³/mol. The fourth-order valence-electron chi connectivity index (χ4n) is 3.91. The molecule has 170 valence electrons. The number of ketones is 1. The number of hydrogen-bond acceptors (Lipinski definition) is 6. The third-order valence-corrected chi connectivity index (χ3v) is 6.79. The van der Waals surface area contributed by atoms with Gasteiger partial charge in [-0.2, -0.15) is 0 Å². The minimum Gasteiger partial charge on any atom is -0.507 e. The standard InChI is InChI=1S/C25H16ClFN2O4S/c1-33-17-4-2-3-14(11-17)21-20(22(30)13-5-7-15(26)8-6-13)23(31)24(32)29(21)25-28-18-10-9-16(27)12-19(18)34-25/h2-12,21,30H,1H3/b22-20+/t21-/m0/s1.